The van der Waals surface area contributed by atoms with E-state index in [1.807, 2.05) is 0 Å². The van der Waals surface area contributed by atoms with Gasteiger partial charge in [0.1, 0.15) is 13.0 Å². The SMILES string of the molecule is O=CC[C@@H]1[C@@H](c2ccc(CF)cc2)NCCC1(F)F. The first-order valence-corrected chi connectivity index (χ1v) is 6.28. The molecular formula is C14H16F3NO. The second kappa shape index (κ2) is 5.74. The Kier molecular flexibility index (Phi) is 4.24. The topological polar surface area (TPSA) is 29.1 Å². The quantitative estimate of drug-likeness (QED) is 0.853. The van der Waals surface area contributed by atoms with Crippen LogP contribution in [-0.4, -0.2) is 18.8 Å². The minimum Gasteiger partial charge on any atom is -0.309 e. The summed E-state index contributed by atoms with van der Waals surface area (Å²) in [6.45, 7) is -0.371. The molecule has 2 nitrogen and oxygen atoms in total. The molecule has 1 N–H and O–H groups in total. The number of piperidine rings is 1. The van der Waals surface area contributed by atoms with Gasteiger partial charge in [0, 0.05) is 31.3 Å². The number of rotatable bonds is 4. The van der Waals surface area contributed by atoms with Crippen LogP contribution in [0.1, 0.15) is 30.0 Å². The molecule has 0 spiro atoms. The lowest BCUT2D eigenvalue weighted by atomic mass is 9.81. The summed E-state index contributed by atoms with van der Waals surface area (Å²) in [5.74, 6) is -3.90. The van der Waals surface area contributed by atoms with Gasteiger partial charge in [0.25, 0.3) is 5.92 Å². The van der Waals surface area contributed by atoms with Gasteiger partial charge in [-0.05, 0) is 11.1 Å². The minimum absolute atomic E-state index is 0.185. The smallest absolute Gasteiger partial charge is 0.254 e. The third kappa shape index (κ3) is 2.97. The fraction of sp³-hybridized carbons (Fsp3) is 0.500. The third-order valence-corrected chi connectivity index (χ3v) is 3.61. The average Bonchev–Trinajstić information content (AvgIpc) is 2.41. The van der Waals surface area contributed by atoms with Crippen molar-refractivity contribution >= 4 is 6.29 Å². The van der Waals surface area contributed by atoms with Crippen molar-refractivity contribution in [3.8, 4) is 0 Å². The number of aldehydes is 1. The van der Waals surface area contributed by atoms with Gasteiger partial charge >= 0.3 is 0 Å². The predicted octanol–water partition coefficient (Wildman–Crippen LogP) is 3.03. The standard InChI is InChI=1S/C14H16F3NO/c15-9-10-1-3-11(4-2-10)13-12(5-8-19)14(16,17)6-7-18-13/h1-4,8,12-13,18H,5-7,9H2/t12-,13-/m1/s1. The molecule has 0 saturated carbocycles. The molecule has 1 aliphatic heterocycles. The Morgan fingerprint density at radius 1 is 1.32 bits per heavy atom. The van der Waals surface area contributed by atoms with Crippen molar-refractivity contribution < 1.29 is 18.0 Å². The molecule has 1 aliphatic rings. The highest BCUT2D eigenvalue weighted by molar-refractivity contribution is 5.50. The molecule has 2 atom stereocenters. The van der Waals surface area contributed by atoms with Crippen LogP contribution in [0.15, 0.2) is 24.3 Å². The molecule has 0 unspecified atom stereocenters. The first-order valence-electron chi connectivity index (χ1n) is 6.28. The highest BCUT2D eigenvalue weighted by atomic mass is 19.3. The van der Waals surface area contributed by atoms with E-state index in [-0.39, 0.29) is 19.4 Å². The Morgan fingerprint density at radius 2 is 2.00 bits per heavy atom. The van der Waals surface area contributed by atoms with Crippen LogP contribution in [0, 0.1) is 5.92 Å². The Labute approximate surface area is 110 Å². The number of carbonyl (C=O) groups is 1. The van der Waals surface area contributed by atoms with Crippen molar-refractivity contribution in [3.63, 3.8) is 0 Å². The molecule has 0 aromatic heterocycles. The summed E-state index contributed by atoms with van der Waals surface area (Å²) in [4.78, 5) is 10.6. The van der Waals surface area contributed by atoms with Gasteiger partial charge in [0.05, 0.1) is 0 Å². The Hall–Kier alpha value is -1.36. The Bertz CT molecular complexity index is 433. The molecule has 19 heavy (non-hydrogen) atoms. The van der Waals surface area contributed by atoms with Crippen molar-refractivity contribution in [2.45, 2.75) is 31.5 Å². The van der Waals surface area contributed by atoms with Crippen molar-refractivity contribution in [2.75, 3.05) is 6.54 Å². The predicted molar refractivity (Wildman–Crippen MR) is 65.7 cm³/mol. The van der Waals surface area contributed by atoms with E-state index >= 15 is 0 Å². The molecule has 0 radical (unpaired) electrons. The monoisotopic (exact) mass is 271 g/mol. The highest BCUT2D eigenvalue weighted by Gasteiger charge is 2.46. The first kappa shape index (κ1) is 14.1. The number of carbonyl (C=O) groups excluding carboxylic acids is 1. The molecule has 1 heterocycles. The van der Waals surface area contributed by atoms with Crippen LogP contribution in [0.25, 0.3) is 0 Å². The third-order valence-electron chi connectivity index (χ3n) is 3.61. The van der Waals surface area contributed by atoms with E-state index in [1.165, 1.54) is 0 Å². The summed E-state index contributed by atoms with van der Waals surface area (Å²) in [5.41, 5.74) is 1.18. The van der Waals surface area contributed by atoms with Crippen molar-refractivity contribution in [1.82, 2.24) is 5.32 Å². The molecular weight excluding hydrogens is 255 g/mol. The second-order valence-electron chi connectivity index (χ2n) is 4.83. The maximum Gasteiger partial charge on any atom is 0.254 e. The zero-order valence-corrected chi connectivity index (χ0v) is 10.4. The zero-order valence-electron chi connectivity index (χ0n) is 10.4. The summed E-state index contributed by atoms with van der Waals surface area (Å²) in [6, 6.07) is 5.89. The lowest BCUT2D eigenvalue weighted by Crippen LogP contribution is -2.47. The van der Waals surface area contributed by atoms with Gasteiger partial charge in [0.2, 0.25) is 0 Å². The average molecular weight is 271 g/mol. The molecule has 0 aliphatic carbocycles. The summed E-state index contributed by atoms with van der Waals surface area (Å²) < 4.78 is 40.2. The van der Waals surface area contributed by atoms with Gasteiger partial charge in [-0.1, -0.05) is 24.3 Å². The maximum atomic E-state index is 13.9. The lowest BCUT2D eigenvalue weighted by Gasteiger charge is -2.38. The lowest BCUT2D eigenvalue weighted by molar-refractivity contribution is -0.122. The number of hydrogen-bond donors (Lipinski definition) is 1. The van der Waals surface area contributed by atoms with Crippen LogP contribution >= 0.6 is 0 Å². The van der Waals surface area contributed by atoms with Crippen LogP contribution in [0.5, 0.6) is 0 Å². The van der Waals surface area contributed by atoms with Crippen molar-refractivity contribution in [2.24, 2.45) is 5.92 Å². The van der Waals surface area contributed by atoms with E-state index in [9.17, 15) is 18.0 Å². The molecule has 1 aromatic rings. The molecule has 2 rings (SSSR count). The molecule has 1 aromatic carbocycles. The highest BCUT2D eigenvalue weighted by Crippen LogP contribution is 2.41. The van der Waals surface area contributed by atoms with Gasteiger partial charge in [-0.25, -0.2) is 13.2 Å². The number of alkyl halides is 3. The first-order chi connectivity index (χ1) is 9.08. The maximum absolute atomic E-state index is 13.9. The van der Waals surface area contributed by atoms with Gasteiger partial charge in [-0.2, -0.15) is 0 Å². The fourth-order valence-corrected chi connectivity index (χ4v) is 2.54. The van der Waals surface area contributed by atoms with Gasteiger partial charge in [-0.3, -0.25) is 0 Å². The van der Waals surface area contributed by atoms with E-state index < -0.39 is 24.6 Å². The fourth-order valence-electron chi connectivity index (χ4n) is 2.54. The summed E-state index contributed by atoms with van der Waals surface area (Å²) in [5, 5.41) is 3.03. The minimum atomic E-state index is -2.85. The van der Waals surface area contributed by atoms with Crippen LogP contribution in [0.3, 0.4) is 0 Å². The number of halogens is 3. The van der Waals surface area contributed by atoms with E-state index in [0.29, 0.717) is 17.4 Å². The van der Waals surface area contributed by atoms with Gasteiger partial charge in [-0.15, -0.1) is 0 Å². The van der Waals surface area contributed by atoms with Crippen molar-refractivity contribution in [3.05, 3.63) is 35.4 Å². The van der Waals surface area contributed by atoms with Crippen LogP contribution in [0.4, 0.5) is 13.2 Å². The molecule has 5 heteroatoms. The normalized spacial score (nSPS) is 26.1. The molecule has 104 valence electrons. The summed E-state index contributed by atoms with van der Waals surface area (Å²) in [6.07, 6.45) is 0.0919. The van der Waals surface area contributed by atoms with E-state index in [2.05, 4.69) is 5.32 Å². The summed E-state index contributed by atoms with van der Waals surface area (Å²) in [7, 11) is 0. The molecule has 1 fully saturated rings. The molecule has 0 amide bonds. The van der Waals surface area contributed by atoms with E-state index in [0.717, 1.165) is 0 Å². The van der Waals surface area contributed by atoms with Gasteiger partial charge < -0.3 is 10.1 Å². The molecule has 0 bridgehead atoms. The number of benzene rings is 1. The Morgan fingerprint density at radius 3 is 2.58 bits per heavy atom. The Balaban J connectivity index is 2.26. The second-order valence-corrected chi connectivity index (χ2v) is 4.83. The zero-order chi connectivity index (χ0) is 13.9. The van der Waals surface area contributed by atoms with E-state index in [1.54, 1.807) is 24.3 Å². The van der Waals surface area contributed by atoms with Crippen LogP contribution in [0.2, 0.25) is 0 Å². The summed E-state index contributed by atoms with van der Waals surface area (Å²) >= 11 is 0. The number of hydrogen-bond acceptors (Lipinski definition) is 2. The van der Waals surface area contributed by atoms with Gasteiger partial charge in [0.15, 0.2) is 0 Å². The van der Waals surface area contributed by atoms with E-state index in [4.69, 9.17) is 0 Å². The number of nitrogens with one attached hydrogen (secondary N) is 1. The van der Waals surface area contributed by atoms with Crippen LogP contribution in [-0.2, 0) is 11.5 Å². The van der Waals surface area contributed by atoms with Crippen molar-refractivity contribution in [1.29, 1.82) is 0 Å². The van der Waals surface area contributed by atoms with Crippen LogP contribution < -0.4 is 5.32 Å². The molecule has 1 saturated heterocycles. The largest absolute Gasteiger partial charge is 0.309 e.